The van der Waals surface area contributed by atoms with E-state index in [1.54, 1.807) is 17.0 Å². The molecule has 0 amide bonds. The molecule has 1 aliphatic rings. The molecule has 10 heteroatoms. The van der Waals surface area contributed by atoms with Gasteiger partial charge >= 0.3 is 5.97 Å². The molecule has 0 radical (unpaired) electrons. The Bertz CT molecular complexity index is 759. The molecule has 0 aromatic heterocycles. The van der Waals surface area contributed by atoms with E-state index < -0.39 is 22.2 Å². The molecular weight excluding hydrogens is 348 g/mol. The third kappa shape index (κ3) is 5.17. The number of azide groups is 1. The van der Waals surface area contributed by atoms with Gasteiger partial charge in [0, 0.05) is 24.0 Å². The van der Waals surface area contributed by atoms with Crippen LogP contribution in [0.15, 0.2) is 34.3 Å². The second-order valence-corrected chi connectivity index (χ2v) is 7.37. The molecule has 0 N–H and O–H groups in total. The number of methoxy groups -OCH3 is 1. The van der Waals surface area contributed by atoms with Crippen LogP contribution in [0.5, 0.6) is 0 Å². The van der Waals surface area contributed by atoms with Gasteiger partial charge in [0.15, 0.2) is 0 Å². The summed E-state index contributed by atoms with van der Waals surface area (Å²) in [5.41, 5.74) is 9.43. The van der Waals surface area contributed by atoms with Gasteiger partial charge in [-0.25, -0.2) is 0 Å². The summed E-state index contributed by atoms with van der Waals surface area (Å²) in [7, 11) is -2.63. The van der Waals surface area contributed by atoms with Gasteiger partial charge in [0.05, 0.1) is 24.7 Å². The van der Waals surface area contributed by atoms with Gasteiger partial charge in [-0.2, -0.15) is 8.42 Å². The predicted octanol–water partition coefficient (Wildman–Crippen LogP) is 1.63. The third-order valence-corrected chi connectivity index (χ3v) is 5.35. The third-order valence-electron chi connectivity index (χ3n) is 3.98. The highest BCUT2D eigenvalue weighted by Crippen LogP contribution is 2.25. The number of hydrogen-bond donors (Lipinski definition) is 0. The lowest BCUT2D eigenvalue weighted by molar-refractivity contribution is -0.142. The van der Waals surface area contributed by atoms with E-state index in [9.17, 15) is 13.2 Å². The second-order valence-electron chi connectivity index (χ2n) is 5.79. The molecule has 25 heavy (non-hydrogen) atoms. The summed E-state index contributed by atoms with van der Waals surface area (Å²) in [6.07, 6.45) is -0.295. The fourth-order valence-corrected chi connectivity index (χ4v) is 3.77. The van der Waals surface area contributed by atoms with E-state index in [-0.39, 0.29) is 30.6 Å². The van der Waals surface area contributed by atoms with Gasteiger partial charge in [0.25, 0.3) is 10.1 Å². The number of hydrogen-bond acceptors (Lipinski definition) is 7. The first-order chi connectivity index (χ1) is 11.9. The highest BCUT2D eigenvalue weighted by molar-refractivity contribution is 7.86. The first kappa shape index (κ1) is 19.2. The van der Waals surface area contributed by atoms with Crippen molar-refractivity contribution in [3.8, 4) is 0 Å². The molecule has 0 spiro atoms. The Morgan fingerprint density at radius 1 is 1.40 bits per heavy atom. The molecule has 1 heterocycles. The molecule has 0 bridgehead atoms. The van der Waals surface area contributed by atoms with Crippen LogP contribution in [0, 0.1) is 6.92 Å². The van der Waals surface area contributed by atoms with Crippen molar-refractivity contribution in [2.45, 2.75) is 30.4 Å². The lowest BCUT2D eigenvalue weighted by Gasteiger charge is -2.20. The van der Waals surface area contributed by atoms with E-state index in [1.807, 2.05) is 6.92 Å². The molecule has 1 aliphatic heterocycles. The molecule has 0 saturated carbocycles. The number of ether oxygens (including phenoxy) is 1. The summed E-state index contributed by atoms with van der Waals surface area (Å²) in [4.78, 5) is 16.0. The largest absolute Gasteiger partial charge is 0.468 e. The molecule has 2 atom stereocenters. The van der Waals surface area contributed by atoms with Gasteiger partial charge in [-0.05, 0) is 31.0 Å². The Morgan fingerprint density at radius 3 is 2.68 bits per heavy atom. The minimum atomic E-state index is -3.91. The van der Waals surface area contributed by atoms with Crippen LogP contribution in [0.2, 0.25) is 0 Å². The minimum absolute atomic E-state index is 0.0213. The zero-order chi connectivity index (χ0) is 18.4. The maximum absolute atomic E-state index is 12.4. The Kier molecular flexibility index (Phi) is 6.38. The van der Waals surface area contributed by atoms with Crippen LogP contribution in [-0.4, -0.2) is 58.2 Å². The first-order valence-corrected chi connectivity index (χ1v) is 9.08. The number of benzene rings is 1. The molecule has 0 aliphatic carbocycles. The van der Waals surface area contributed by atoms with Gasteiger partial charge < -0.3 is 4.74 Å². The smallest absolute Gasteiger partial charge is 0.319 e. The van der Waals surface area contributed by atoms with Gasteiger partial charge in [-0.15, -0.1) is 0 Å². The number of rotatable bonds is 7. The first-order valence-electron chi connectivity index (χ1n) is 7.67. The molecule has 1 aromatic carbocycles. The van der Waals surface area contributed by atoms with Crippen LogP contribution < -0.4 is 0 Å². The summed E-state index contributed by atoms with van der Waals surface area (Å²) >= 11 is 0. The molecule has 9 nitrogen and oxygen atoms in total. The molecule has 0 unspecified atom stereocenters. The Labute approximate surface area is 146 Å². The number of carbonyl (C=O) groups excluding carboxylic acids is 1. The highest BCUT2D eigenvalue weighted by atomic mass is 32.2. The van der Waals surface area contributed by atoms with Crippen LogP contribution in [0.25, 0.3) is 10.4 Å². The lowest BCUT2D eigenvalue weighted by Crippen LogP contribution is -2.37. The molecule has 1 aromatic rings. The molecule has 1 saturated heterocycles. The molecule has 1 fully saturated rings. The topological polar surface area (TPSA) is 122 Å². The average molecular weight is 368 g/mol. The number of nitrogens with zero attached hydrogens (tertiary/aromatic N) is 4. The summed E-state index contributed by atoms with van der Waals surface area (Å²) in [6.45, 7) is 2.19. The van der Waals surface area contributed by atoms with Gasteiger partial charge in [0.1, 0.15) is 0 Å². The summed E-state index contributed by atoms with van der Waals surface area (Å²) in [6, 6.07) is 6.08. The minimum Gasteiger partial charge on any atom is -0.468 e. The van der Waals surface area contributed by atoms with Crippen LogP contribution in [0.4, 0.5) is 0 Å². The Hall–Kier alpha value is -2.13. The highest BCUT2D eigenvalue weighted by Gasteiger charge is 2.36. The fourth-order valence-electron chi connectivity index (χ4n) is 2.69. The van der Waals surface area contributed by atoms with Crippen molar-refractivity contribution in [2.24, 2.45) is 5.11 Å². The van der Waals surface area contributed by atoms with Crippen molar-refractivity contribution in [1.82, 2.24) is 4.90 Å². The summed E-state index contributed by atoms with van der Waals surface area (Å²) < 4.78 is 34.7. The van der Waals surface area contributed by atoms with Gasteiger partial charge in [-0.1, -0.05) is 22.8 Å². The van der Waals surface area contributed by atoms with Crippen LogP contribution in [0.3, 0.4) is 0 Å². The van der Waals surface area contributed by atoms with Crippen LogP contribution in [0.1, 0.15) is 12.0 Å². The van der Waals surface area contributed by atoms with Crippen molar-refractivity contribution in [2.75, 3.05) is 26.7 Å². The van der Waals surface area contributed by atoms with Crippen molar-refractivity contribution in [3.05, 3.63) is 40.3 Å². The number of likely N-dealkylation sites (tertiary alicyclic amines) is 1. The van der Waals surface area contributed by atoms with Crippen molar-refractivity contribution in [3.63, 3.8) is 0 Å². The molecular formula is C15H20N4O5S. The van der Waals surface area contributed by atoms with E-state index in [0.717, 1.165) is 5.56 Å². The zero-order valence-electron chi connectivity index (χ0n) is 14.0. The van der Waals surface area contributed by atoms with Crippen molar-refractivity contribution in [1.29, 1.82) is 0 Å². The van der Waals surface area contributed by atoms with E-state index in [2.05, 4.69) is 14.8 Å². The summed E-state index contributed by atoms with van der Waals surface area (Å²) in [5, 5.41) is 3.52. The van der Waals surface area contributed by atoms with E-state index in [1.165, 1.54) is 19.2 Å². The van der Waals surface area contributed by atoms with Gasteiger partial charge in [-0.3, -0.25) is 13.9 Å². The SMILES string of the molecule is COC(=O)CN1C[C@@H](OS(=O)(=O)c2ccc(C)cc2)C[C@@H]1CN=[N+]=[N-]. The second kappa shape index (κ2) is 8.30. The zero-order valence-corrected chi connectivity index (χ0v) is 14.8. The quantitative estimate of drug-likeness (QED) is 0.237. The summed E-state index contributed by atoms with van der Waals surface area (Å²) in [5.74, 6) is -0.451. The Balaban J connectivity index is 2.09. The van der Waals surface area contributed by atoms with Crippen molar-refractivity contribution >= 4 is 16.1 Å². The normalized spacial score (nSPS) is 20.9. The lowest BCUT2D eigenvalue weighted by atomic mass is 10.2. The standard InChI is InChI=1S/C15H20N4O5S/c1-11-3-5-14(6-4-11)25(21,22)24-13-7-12(8-17-18-16)19(9-13)10-15(20)23-2/h3-6,12-13H,7-10H2,1-2H3/t12-,13+/m1/s1. The van der Waals surface area contributed by atoms with Crippen LogP contribution >= 0.6 is 0 Å². The fraction of sp³-hybridized carbons (Fsp3) is 0.533. The predicted molar refractivity (Wildman–Crippen MR) is 89.2 cm³/mol. The molecule has 136 valence electrons. The van der Waals surface area contributed by atoms with Crippen LogP contribution in [-0.2, 0) is 23.8 Å². The van der Waals surface area contributed by atoms with Crippen molar-refractivity contribution < 1.29 is 22.1 Å². The maximum atomic E-state index is 12.4. The van der Waals surface area contributed by atoms with Gasteiger partial charge in [0.2, 0.25) is 0 Å². The van der Waals surface area contributed by atoms with E-state index in [0.29, 0.717) is 6.42 Å². The number of carbonyl (C=O) groups is 1. The Morgan fingerprint density at radius 2 is 2.08 bits per heavy atom. The van der Waals surface area contributed by atoms with E-state index in [4.69, 9.17) is 9.71 Å². The monoisotopic (exact) mass is 368 g/mol. The number of aryl methyl sites for hydroxylation is 1. The average Bonchev–Trinajstić information content (AvgIpc) is 2.93. The number of esters is 1. The molecule has 2 rings (SSSR count). The van der Waals surface area contributed by atoms with E-state index >= 15 is 0 Å². The maximum Gasteiger partial charge on any atom is 0.319 e.